The van der Waals surface area contributed by atoms with Gasteiger partial charge in [0.25, 0.3) is 0 Å². The van der Waals surface area contributed by atoms with E-state index in [2.05, 4.69) is 44.3 Å². The molecule has 0 atom stereocenters. The van der Waals surface area contributed by atoms with Gasteiger partial charge in [-0.15, -0.1) is 0 Å². The van der Waals surface area contributed by atoms with E-state index < -0.39 is 0 Å². The second-order valence-electron chi connectivity index (χ2n) is 4.77. The maximum absolute atomic E-state index is 5.84. The van der Waals surface area contributed by atoms with Crippen molar-refractivity contribution in [1.82, 2.24) is 9.55 Å². The number of fused-ring (bicyclic) bond motifs is 1. The zero-order valence-electron chi connectivity index (χ0n) is 11.0. The van der Waals surface area contributed by atoms with Crippen LogP contribution in [0.5, 0.6) is 0 Å². The van der Waals surface area contributed by atoms with Crippen LogP contribution in [0, 0.1) is 3.57 Å². The molecule has 0 bridgehead atoms. The van der Waals surface area contributed by atoms with Crippen LogP contribution < -0.4 is 0 Å². The highest BCUT2D eigenvalue weighted by molar-refractivity contribution is 14.1. The van der Waals surface area contributed by atoms with E-state index in [9.17, 15) is 0 Å². The second kappa shape index (κ2) is 5.04. The normalized spacial score (nSPS) is 11.1. The van der Waals surface area contributed by atoms with E-state index in [0.717, 1.165) is 22.4 Å². The van der Waals surface area contributed by atoms with Crippen LogP contribution in [0.4, 0.5) is 0 Å². The van der Waals surface area contributed by atoms with Crippen molar-refractivity contribution >= 4 is 33.7 Å². The molecular weight excluding hydrogens is 375 g/mol. The van der Waals surface area contributed by atoms with E-state index in [1.54, 1.807) is 0 Å². The van der Waals surface area contributed by atoms with Crippen molar-refractivity contribution < 1.29 is 4.42 Å². The van der Waals surface area contributed by atoms with Gasteiger partial charge in [-0.1, -0.05) is 0 Å². The number of rotatable bonds is 2. The average Bonchev–Trinajstić information content (AvgIpc) is 3.16. The van der Waals surface area contributed by atoms with Gasteiger partial charge in [0.1, 0.15) is 5.52 Å². The lowest BCUT2D eigenvalue weighted by atomic mass is 10.2. The number of benzene rings is 2. The van der Waals surface area contributed by atoms with E-state index in [1.165, 1.54) is 3.57 Å². The molecule has 4 rings (SSSR count). The Morgan fingerprint density at radius 2 is 1.71 bits per heavy atom. The zero-order valence-corrected chi connectivity index (χ0v) is 13.2. The molecular formula is C17H11IN2O. The van der Waals surface area contributed by atoms with Crippen LogP contribution in [0.25, 0.3) is 28.2 Å². The molecule has 0 spiro atoms. The molecule has 0 unspecified atom stereocenters. The number of nitrogens with zero attached hydrogens (tertiary/aromatic N) is 2. The average molecular weight is 386 g/mol. The lowest BCUT2D eigenvalue weighted by Crippen LogP contribution is -1.88. The van der Waals surface area contributed by atoms with Crippen molar-refractivity contribution in [1.29, 1.82) is 0 Å². The number of halogens is 1. The first kappa shape index (κ1) is 12.6. The Kier molecular flexibility index (Phi) is 3.03. The molecule has 0 aliphatic rings. The Morgan fingerprint density at radius 3 is 2.48 bits per heavy atom. The molecule has 0 fully saturated rings. The highest BCUT2D eigenvalue weighted by atomic mass is 127. The first-order chi connectivity index (χ1) is 10.3. The Hall–Kier alpha value is -2.08. The van der Waals surface area contributed by atoms with Gasteiger partial charge in [0.2, 0.25) is 5.89 Å². The quantitative estimate of drug-likeness (QED) is 0.460. The van der Waals surface area contributed by atoms with E-state index >= 15 is 0 Å². The summed E-state index contributed by atoms with van der Waals surface area (Å²) in [4.78, 5) is 4.60. The van der Waals surface area contributed by atoms with Gasteiger partial charge in [0, 0.05) is 27.2 Å². The van der Waals surface area contributed by atoms with E-state index in [1.807, 2.05) is 54.9 Å². The molecule has 4 aromatic rings. The highest BCUT2D eigenvalue weighted by Crippen LogP contribution is 2.26. The van der Waals surface area contributed by atoms with Crippen LogP contribution in [0.2, 0.25) is 0 Å². The first-order valence-electron chi connectivity index (χ1n) is 6.59. The van der Waals surface area contributed by atoms with Crippen LogP contribution in [-0.4, -0.2) is 9.55 Å². The molecule has 102 valence electrons. The largest absolute Gasteiger partial charge is 0.436 e. The van der Waals surface area contributed by atoms with Gasteiger partial charge in [-0.05, 0) is 77.2 Å². The third-order valence-corrected chi connectivity index (χ3v) is 4.08. The minimum Gasteiger partial charge on any atom is -0.436 e. The molecule has 3 nitrogen and oxygen atoms in total. The second-order valence-corrected chi connectivity index (χ2v) is 6.01. The fraction of sp³-hybridized carbons (Fsp3) is 0. The zero-order chi connectivity index (χ0) is 14.2. The molecule has 2 heterocycles. The molecule has 0 amide bonds. The Bertz CT molecular complexity index is 892. The van der Waals surface area contributed by atoms with Crippen molar-refractivity contribution in [2.24, 2.45) is 0 Å². The van der Waals surface area contributed by atoms with E-state index in [4.69, 9.17) is 4.42 Å². The number of oxazole rings is 1. The van der Waals surface area contributed by atoms with Gasteiger partial charge in [-0.25, -0.2) is 4.98 Å². The first-order valence-corrected chi connectivity index (χ1v) is 7.67. The summed E-state index contributed by atoms with van der Waals surface area (Å²) in [6, 6.07) is 18.2. The predicted octanol–water partition coefficient (Wildman–Crippen LogP) is 4.89. The minimum absolute atomic E-state index is 0.658. The van der Waals surface area contributed by atoms with Gasteiger partial charge < -0.3 is 8.98 Å². The smallest absolute Gasteiger partial charge is 0.227 e. The van der Waals surface area contributed by atoms with E-state index in [0.29, 0.717) is 5.89 Å². The lowest BCUT2D eigenvalue weighted by Gasteiger charge is -2.00. The number of hydrogen-bond acceptors (Lipinski definition) is 2. The van der Waals surface area contributed by atoms with Crippen LogP contribution in [0.3, 0.4) is 0 Å². The number of hydrogen-bond donors (Lipinski definition) is 0. The summed E-state index contributed by atoms with van der Waals surface area (Å²) in [7, 11) is 0. The van der Waals surface area contributed by atoms with Gasteiger partial charge in [-0.3, -0.25) is 0 Å². The third-order valence-electron chi connectivity index (χ3n) is 3.36. The summed E-state index contributed by atoms with van der Waals surface area (Å²) in [5.41, 5.74) is 3.75. The number of aromatic nitrogens is 2. The van der Waals surface area contributed by atoms with E-state index in [-0.39, 0.29) is 0 Å². The van der Waals surface area contributed by atoms with Gasteiger partial charge in [0.05, 0.1) is 0 Å². The molecule has 2 aromatic carbocycles. The highest BCUT2D eigenvalue weighted by Gasteiger charge is 2.09. The Balaban J connectivity index is 1.81. The lowest BCUT2D eigenvalue weighted by molar-refractivity contribution is 0.620. The summed E-state index contributed by atoms with van der Waals surface area (Å²) in [6.07, 6.45) is 4.03. The Morgan fingerprint density at radius 1 is 0.952 bits per heavy atom. The van der Waals surface area contributed by atoms with Crippen LogP contribution >= 0.6 is 22.6 Å². The standard InChI is InChI=1S/C17H11IN2O/c18-13-5-3-12(4-6-13)17-19-15-11-14(7-8-16(15)21-17)20-9-1-2-10-20/h1-11H. The van der Waals surface area contributed by atoms with Crippen LogP contribution in [-0.2, 0) is 0 Å². The van der Waals surface area contributed by atoms with Crippen molar-refractivity contribution in [3.8, 4) is 17.1 Å². The van der Waals surface area contributed by atoms with Crippen molar-refractivity contribution in [2.75, 3.05) is 0 Å². The maximum Gasteiger partial charge on any atom is 0.227 e. The minimum atomic E-state index is 0.658. The van der Waals surface area contributed by atoms with Gasteiger partial charge >= 0.3 is 0 Å². The summed E-state index contributed by atoms with van der Waals surface area (Å²) >= 11 is 2.29. The molecule has 2 aromatic heterocycles. The summed E-state index contributed by atoms with van der Waals surface area (Å²) in [5, 5.41) is 0. The van der Waals surface area contributed by atoms with Crippen molar-refractivity contribution in [2.45, 2.75) is 0 Å². The molecule has 0 saturated heterocycles. The van der Waals surface area contributed by atoms with Gasteiger partial charge in [0.15, 0.2) is 5.58 Å². The monoisotopic (exact) mass is 386 g/mol. The summed E-state index contributed by atoms with van der Waals surface area (Å²) < 4.78 is 9.09. The topological polar surface area (TPSA) is 31.0 Å². The maximum atomic E-state index is 5.84. The molecule has 0 saturated carbocycles. The Labute approximate surface area is 135 Å². The summed E-state index contributed by atoms with van der Waals surface area (Å²) in [5.74, 6) is 0.658. The fourth-order valence-corrected chi connectivity index (χ4v) is 2.66. The predicted molar refractivity (Wildman–Crippen MR) is 91.5 cm³/mol. The molecule has 21 heavy (non-hydrogen) atoms. The van der Waals surface area contributed by atoms with Gasteiger partial charge in [-0.2, -0.15) is 0 Å². The molecule has 0 radical (unpaired) electrons. The molecule has 4 heteroatoms. The molecule has 0 N–H and O–H groups in total. The van der Waals surface area contributed by atoms with Crippen molar-refractivity contribution in [3.63, 3.8) is 0 Å². The molecule has 0 aliphatic carbocycles. The SMILES string of the molecule is Ic1ccc(-c2nc3cc(-n4cccc4)ccc3o2)cc1. The summed E-state index contributed by atoms with van der Waals surface area (Å²) in [6.45, 7) is 0. The van der Waals surface area contributed by atoms with Crippen LogP contribution in [0.15, 0.2) is 71.4 Å². The van der Waals surface area contributed by atoms with Crippen LogP contribution in [0.1, 0.15) is 0 Å². The molecule has 0 aliphatic heterocycles. The fourth-order valence-electron chi connectivity index (χ4n) is 2.30. The van der Waals surface area contributed by atoms with Crippen molar-refractivity contribution in [3.05, 3.63) is 70.6 Å². The third kappa shape index (κ3) is 2.35.